The highest BCUT2D eigenvalue weighted by Crippen LogP contribution is 2.32. The highest BCUT2D eigenvalue weighted by molar-refractivity contribution is 5.94. The van der Waals surface area contributed by atoms with Gasteiger partial charge in [0.05, 0.1) is 7.11 Å². The van der Waals surface area contributed by atoms with Crippen molar-refractivity contribution in [3.63, 3.8) is 0 Å². The van der Waals surface area contributed by atoms with Crippen LogP contribution in [0.15, 0.2) is 66.9 Å². The maximum Gasteiger partial charge on any atom is 0.322 e. The number of urea groups is 1. The zero-order valence-electron chi connectivity index (χ0n) is 19.6. The molecule has 0 atom stereocenters. The lowest BCUT2D eigenvalue weighted by atomic mass is 10.1. The second-order valence-corrected chi connectivity index (χ2v) is 8.87. The van der Waals surface area contributed by atoms with E-state index in [1.165, 1.54) is 0 Å². The van der Waals surface area contributed by atoms with Gasteiger partial charge in [0.25, 0.3) is 5.91 Å². The van der Waals surface area contributed by atoms with Crippen molar-refractivity contribution in [1.82, 2.24) is 15.2 Å². The Bertz CT molecular complexity index is 1190. The minimum Gasteiger partial charge on any atom is -0.497 e. The molecule has 0 unspecified atom stereocenters. The summed E-state index contributed by atoms with van der Waals surface area (Å²) in [6.07, 6.45) is 5.67. The highest BCUT2D eigenvalue weighted by Gasteiger charge is 2.33. The quantitative estimate of drug-likeness (QED) is 0.459. The largest absolute Gasteiger partial charge is 0.497 e. The van der Waals surface area contributed by atoms with Crippen LogP contribution < -0.4 is 20.1 Å². The predicted octanol–water partition coefficient (Wildman–Crippen LogP) is 4.97. The molecule has 0 bridgehead atoms. The average molecular weight is 473 g/mol. The van der Waals surface area contributed by atoms with Crippen LogP contribution in [0.3, 0.4) is 0 Å². The minimum atomic E-state index is -0.212. The summed E-state index contributed by atoms with van der Waals surface area (Å²) in [5, 5.41) is 5.96. The molecule has 1 heterocycles. The van der Waals surface area contributed by atoms with Gasteiger partial charge >= 0.3 is 6.03 Å². The normalized spacial score (nSPS) is 14.7. The van der Waals surface area contributed by atoms with E-state index in [1.54, 1.807) is 49.7 Å². The van der Waals surface area contributed by atoms with E-state index < -0.39 is 0 Å². The molecule has 0 spiro atoms. The first-order chi connectivity index (χ1) is 17.1. The molecule has 2 aliphatic carbocycles. The monoisotopic (exact) mass is 472 g/mol. The van der Waals surface area contributed by atoms with Gasteiger partial charge in [0.2, 0.25) is 5.88 Å². The van der Waals surface area contributed by atoms with Gasteiger partial charge in [-0.1, -0.05) is 12.1 Å². The Morgan fingerprint density at radius 2 is 1.69 bits per heavy atom. The molecule has 2 N–H and O–H groups in total. The van der Waals surface area contributed by atoms with Gasteiger partial charge in [0.1, 0.15) is 17.2 Å². The van der Waals surface area contributed by atoms with Crippen LogP contribution in [0.2, 0.25) is 0 Å². The van der Waals surface area contributed by atoms with Crippen molar-refractivity contribution in [2.75, 3.05) is 12.4 Å². The van der Waals surface area contributed by atoms with Crippen molar-refractivity contribution in [2.24, 2.45) is 0 Å². The Balaban J connectivity index is 1.25. The number of rotatable bonds is 9. The summed E-state index contributed by atoms with van der Waals surface area (Å²) in [7, 11) is 1.61. The Hall–Kier alpha value is -4.07. The third-order valence-electron chi connectivity index (χ3n) is 6.02. The Morgan fingerprint density at radius 3 is 2.34 bits per heavy atom. The minimum absolute atomic E-state index is 0.0446. The van der Waals surface area contributed by atoms with Gasteiger partial charge in [-0.25, -0.2) is 9.78 Å². The van der Waals surface area contributed by atoms with E-state index in [9.17, 15) is 9.59 Å². The van der Waals surface area contributed by atoms with Gasteiger partial charge in [-0.2, -0.15) is 0 Å². The van der Waals surface area contributed by atoms with Gasteiger partial charge in [-0.15, -0.1) is 0 Å². The average Bonchev–Trinajstić information content (AvgIpc) is 3.80. The molecule has 2 fully saturated rings. The fourth-order valence-electron chi connectivity index (χ4n) is 3.72. The third-order valence-corrected chi connectivity index (χ3v) is 6.02. The molecule has 5 rings (SSSR count). The van der Waals surface area contributed by atoms with Crippen molar-refractivity contribution in [1.29, 1.82) is 0 Å². The first kappa shape index (κ1) is 22.7. The van der Waals surface area contributed by atoms with E-state index in [-0.39, 0.29) is 18.0 Å². The van der Waals surface area contributed by atoms with E-state index >= 15 is 0 Å². The number of anilines is 1. The molecule has 8 nitrogen and oxygen atoms in total. The molecule has 2 saturated carbocycles. The first-order valence-electron chi connectivity index (χ1n) is 11.8. The van der Waals surface area contributed by atoms with Gasteiger partial charge in [0.15, 0.2) is 0 Å². The van der Waals surface area contributed by atoms with Crippen LogP contribution >= 0.6 is 0 Å². The molecular weight excluding hydrogens is 444 g/mol. The zero-order valence-corrected chi connectivity index (χ0v) is 19.6. The van der Waals surface area contributed by atoms with E-state index in [0.717, 1.165) is 37.0 Å². The fourth-order valence-corrected chi connectivity index (χ4v) is 3.72. The van der Waals surface area contributed by atoms with E-state index in [0.29, 0.717) is 35.5 Å². The second-order valence-electron chi connectivity index (χ2n) is 8.87. The number of nitrogens with zero attached hydrogens (tertiary/aromatic N) is 2. The van der Waals surface area contributed by atoms with Crippen LogP contribution in [0, 0.1) is 0 Å². The number of pyridine rings is 1. The zero-order chi connectivity index (χ0) is 24.2. The lowest BCUT2D eigenvalue weighted by Gasteiger charge is -2.23. The number of carbonyl (C=O) groups is 2. The molecule has 0 saturated heterocycles. The number of hydrogen-bond acceptors (Lipinski definition) is 5. The van der Waals surface area contributed by atoms with Crippen molar-refractivity contribution in [3.8, 4) is 17.4 Å². The molecule has 0 radical (unpaired) electrons. The summed E-state index contributed by atoms with van der Waals surface area (Å²) < 4.78 is 11.1. The summed E-state index contributed by atoms with van der Waals surface area (Å²) in [5.41, 5.74) is 2.10. The number of carbonyl (C=O) groups excluding carboxylic acids is 2. The number of hydrogen-bond donors (Lipinski definition) is 2. The van der Waals surface area contributed by atoms with Crippen LogP contribution in [-0.4, -0.2) is 41.0 Å². The first-order valence-corrected chi connectivity index (χ1v) is 11.8. The summed E-state index contributed by atoms with van der Waals surface area (Å²) in [5.74, 6) is 1.58. The number of nitrogens with one attached hydrogen (secondary N) is 2. The fraction of sp³-hybridized carbons (Fsp3) is 0.296. The topological polar surface area (TPSA) is 92.8 Å². The molecule has 180 valence electrons. The summed E-state index contributed by atoms with van der Waals surface area (Å²) in [6, 6.07) is 18.4. The standard InChI is InChI=1S/C27H28N4O4/c1-34-22-12-14-23(15-13-22)35-26-24(3-2-16-28-26)30-27(33)31(21-10-11-21)17-18-4-6-19(7-5-18)25(32)29-20-8-9-20/h2-7,12-16,20-21H,8-11,17H2,1H3,(H,29,32)(H,30,33). The van der Waals surface area contributed by atoms with E-state index in [1.807, 2.05) is 29.2 Å². The second kappa shape index (κ2) is 10.0. The number of methoxy groups -OCH3 is 1. The van der Waals surface area contributed by atoms with Gasteiger partial charge < -0.3 is 25.0 Å². The molecular formula is C27H28N4O4. The highest BCUT2D eigenvalue weighted by atomic mass is 16.5. The molecule has 2 aliphatic rings. The van der Waals surface area contributed by atoms with Gasteiger partial charge in [-0.3, -0.25) is 4.79 Å². The number of ether oxygens (including phenoxy) is 2. The van der Waals surface area contributed by atoms with Gasteiger partial charge in [-0.05, 0) is 79.8 Å². The maximum absolute atomic E-state index is 13.2. The van der Waals surface area contributed by atoms with Crippen LogP contribution in [0.5, 0.6) is 17.4 Å². The van der Waals surface area contributed by atoms with E-state index in [4.69, 9.17) is 9.47 Å². The lowest BCUT2D eigenvalue weighted by molar-refractivity contribution is 0.0951. The van der Waals surface area contributed by atoms with Gasteiger partial charge in [0, 0.05) is 30.4 Å². The molecule has 3 amide bonds. The molecule has 3 aromatic rings. The van der Waals surface area contributed by atoms with E-state index in [2.05, 4.69) is 15.6 Å². The molecule has 1 aromatic heterocycles. The van der Waals surface area contributed by atoms with Crippen molar-refractivity contribution in [3.05, 3.63) is 78.0 Å². The smallest absolute Gasteiger partial charge is 0.322 e. The van der Waals surface area contributed by atoms with Crippen molar-refractivity contribution >= 4 is 17.6 Å². The Morgan fingerprint density at radius 1 is 0.971 bits per heavy atom. The molecule has 35 heavy (non-hydrogen) atoms. The van der Waals surface area contributed by atoms with Crippen molar-refractivity contribution < 1.29 is 19.1 Å². The summed E-state index contributed by atoms with van der Waals surface area (Å²) >= 11 is 0. The number of amides is 3. The Kier molecular flexibility index (Phi) is 6.52. The predicted molar refractivity (Wildman–Crippen MR) is 132 cm³/mol. The number of aromatic nitrogens is 1. The number of benzene rings is 2. The lowest BCUT2D eigenvalue weighted by Crippen LogP contribution is -2.36. The van der Waals surface area contributed by atoms with Crippen LogP contribution in [0.4, 0.5) is 10.5 Å². The van der Waals surface area contributed by atoms with Crippen molar-refractivity contribution in [2.45, 2.75) is 44.3 Å². The Labute approximate surface area is 204 Å². The summed E-state index contributed by atoms with van der Waals surface area (Å²) in [6.45, 7) is 0.454. The van der Waals surface area contributed by atoms with Crippen LogP contribution in [-0.2, 0) is 6.54 Å². The molecule has 2 aromatic carbocycles. The molecule has 8 heteroatoms. The van der Waals surface area contributed by atoms with Crippen LogP contribution in [0.25, 0.3) is 0 Å². The third kappa shape index (κ3) is 5.90. The summed E-state index contributed by atoms with van der Waals surface area (Å²) in [4.78, 5) is 31.6. The maximum atomic E-state index is 13.2. The molecule has 0 aliphatic heterocycles. The SMILES string of the molecule is COc1ccc(Oc2ncccc2NC(=O)N(Cc2ccc(C(=O)NC3CC3)cc2)C2CC2)cc1. The van der Waals surface area contributed by atoms with Crippen LogP contribution in [0.1, 0.15) is 41.6 Å².